The molecule has 1 saturated heterocycles. The fourth-order valence-corrected chi connectivity index (χ4v) is 5.23. The monoisotopic (exact) mass is 564 g/mol. The number of nitrogens with zero attached hydrogens (tertiary/aromatic N) is 1. The summed E-state index contributed by atoms with van der Waals surface area (Å²) in [6, 6.07) is 20.1. The first-order valence-electron chi connectivity index (χ1n) is 13.0. The van der Waals surface area contributed by atoms with E-state index in [0.717, 1.165) is 34.1 Å². The summed E-state index contributed by atoms with van der Waals surface area (Å²) in [5, 5.41) is 12.5. The summed E-state index contributed by atoms with van der Waals surface area (Å²) in [6.07, 6.45) is 2.30. The number of esters is 2. The number of benzene rings is 2. The molecule has 1 amide bonds. The van der Waals surface area contributed by atoms with Gasteiger partial charge >= 0.3 is 11.9 Å². The first-order chi connectivity index (χ1) is 19.3. The van der Waals surface area contributed by atoms with Crippen LogP contribution in [0.3, 0.4) is 0 Å². The van der Waals surface area contributed by atoms with E-state index in [9.17, 15) is 19.5 Å². The van der Waals surface area contributed by atoms with E-state index >= 15 is 0 Å². The van der Waals surface area contributed by atoms with Crippen molar-refractivity contribution >= 4 is 29.6 Å². The van der Waals surface area contributed by atoms with Crippen LogP contribution in [0.15, 0.2) is 72.9 Å². The lowest BCUT2D eigenvalue weighted by atomic mass is 9.97. The van der Waals surface area contributed by atoms with Crippen LogP contribution in [-0.4, -0.2) is 44.9 Å². The largest absolute Gasteiger partial charge is 0.493 e. The van der Waals surface area contributed by atoms with Crippen molar-refractivity contribution in [2.75, 3.05) is 6.61 Å². The van der Waals surface area contributed by atoms with Gasteiger partial charge in [-0.15, -0.1) is 0 Å². The highest BCUT2D eigenvalue weighted by atomic mass is 32.2. The maximum atomic E-state index is 13.1. The molecule has 0 aliphatic carbocycles. The Morgan fingerprint density at radius 1 is 1.07 bits per heavy atom. The lowest BCUT2D eigenvalue weighted by Gasteiger charge is -2.23. The highest BCUT2D eigenvalue weighted by Gasteiger charge is 2.55. The van der Waals surface area contributed by atoms with Crippen molar-refractivity contribution in [2.45, 2.75) is 56.1 Å². The molecule has 2 unspecified atom stereocenters. The molecule has 2 heterocycles. The van der Waals surface area contributed by atoms with Crippen LogP contribution in [0.2, 0.25) is 0 Å². The molecule has 10 heteroatoms. The minimum absolute atomic E-state index is 0.0288. The number of nitrogens with one attached hydrogen (secondary N) is 1. The first-order valence-corrected chi connectivity index (χ1v) is 13.9. The number of carbonyl (C=O) groups excluding carboxylic acids is 3. The Labute approximate surface area is 237 Å². The average Bonchev–Trinajstić information content (AvgIpc) is 3.26. The minimum Gasteiger partial charge on any atom is -0.493 e. The topological polar surface area (TPSA) is 124 Å². The number of amides is 1. The van der Waals surface area contributed by atoms with Gasteiger partial charge in [-0.05, 0) is 36.2 Å². The number of carbonyl (C=O) groups is 3. The Bertz CT molecular complexity index is 1300. The predicted molar refractivity (Wildman–Crippen MR) is 149 cm³/mol. The van der Waals surface area contributed by atoms with E-state index in [4.69, 9.17) is 14.2 Å². The Balaban J connectivity index is 1.31. The highest BCUT2D eigenvalue weighted by molar-refractivity contribution is 8.03. The molecule has 4 rings (SSSR count). The van der Waals surface area contributed by atoms with E-state index in [2.05, 4.69) is 10.3 Å². The van der Waals surface area contributed by atoms with Crippen molar-refractivity contribution in [3.63, 3.8) is 0 Å². The Kier molecular flexibility index (Phi) is 9.79. The smallest absolute Gasteiger partial charge is 0.332 e. The quantitative estimate of drug-likeness (QED) is 0.249. The number of aromatic nitrogens is 1. The third-order valence-electron chi connectivity index (χ3n) is 6.39. The summed E-state index contributed by atoms with van der Waals surface area (Å²) in [5.41, 5.74) is 1.99. The van der Waals surface area contributed by atoms with Crippen LogP contribution in [0, 0.1) is 0 Å². The zero-order valence-electron chi connectivity index (χ0n) is 22.4. The third-order valence-corrected chi connectivity index (χ3v) is 7.63. The van der Waals surface area contributed by atoms with Crippen molar-refractivity contribution in [1.82, 2.24) is 10.3 Å². The van der Waals surface area contributed by atoms with Gasteiger partial charge in [-0.2, -0.15) is 0 Å². The molecule has 2 N–H and O–H groups in total. The van der Waals surface area contributed by atoms with Crippen LogP contribution in [0.5, 0.6) is 5.75 Å². The van der Waals surface area contributed by atoms with E-state index in [1.807, 2.05) is 49.4 Å². The number of hydrogen-bond acceptors (Lipinski definition) is 9. The van der Waals surface area contributed by atoms with Crippen LogP contribution < -0.4 is 10.1 Å². The molecular weight excluding hydrogens is 532 g/mol. The average molecular weight is 565 g/mol. The second kappa shape index (κ2) is 13.5. The maximum Gasteiger partial charge on any atom is 0.332 e. The van der Waals surface area contributed by atoms with Crippen molar-refractivity contribution in [1.29, 1.82) is 0 Å². The number of thioether (sulfide) groups is 1. The van der Waals surface area contributed by atoms with Gasteiger partial charge < -0.3 is 24.6 Å². The molecule has 1 fully saturated rings. The fourth-order valence-electron chi connectivity index (χ4n) is 4.11. The molecule has 9 nitrogen and oxygen atoms in total. The normalized spacial score (nSPS) is 19.0. The van der Waals surface area contributed by atoms with E-state index in [0.29, 0.717) is 25.2 Å². The van der Waals surface area contributed by atoms with E-state index in [-0.39, 0.29) is 25.1 Å². The summed E-state index contributed by atoms with van der Waals surface area (Å²) in [5.74, 6) is -0.909. The summed E-state index contributed by atoms with van der Waals surface area (Å²) >= 11 is 0.839. The summed E-state index contributed by atoms with van der Waals surface area (Å²) in [6.45, 7) is 3.99. The zero-order chi connectivity index (χ0) is 28.5. The van der Waals surface area contributed by atoms with Gasteiger partial charge in [0.1, 0.15) is 18.5 Å². The lowest BCUT2D eigenvalue weighted by Crippen LogP contribution is -2.46. The number of ether oxygens (including phenoxy) is 3. The van der Waals surface area contributed by atoms with Gasteiger partial charge in [-0.1, -0.05) is 67.2 Å². The summed E-state index contributed by atoms with van der Waals surface area (Å²) < 4.78 is 15.1. The van der Waals surface area contributed by atoms with Gasteiger partial charge in [-0.25, -0.2) is 4.79 Å². The maximum absolute atomic E-state index is 13.1. The zero-order valence-corrected chi connectivity index (χ0v) is 23.2. The standard InChI is InChI=1S/C30H32N2O7S/c1-3-26(33)39-20(2)23-11-12-24(31-18-23)15-16-37-25-13-9-21(10-14-25)17-30(27(34)32-29(36)40-30)28(35)38-19-22-7-5-4-6-8-22/h4-14,18,20,29,36H,3,15-17,19H2,1-2H3,(H,32,34)/t20?,29?,30-/m0/s1. The molecule has 0 bridgehead atoms. The molecule has 1 aliphatic heterocycles. The predicted octanol–water partition coefficient (Wildman–Crippen LogP) is 3.88. The van der Waals surface area contributed by atoms with Gasteiger partial charge in [0.2, 0.25) is 0 Å². The SMILES string of the molecule is CCC(=O)OC(C)c1ccc(CCOc2ccc(C[C@]3(C(=O)OCc4ccccc4)SC(O)NC3=O)cc2)nc1. The van der Waals surface area contributed by atoms with Gasteiger partial charge in [0.25, 0.3) is 5.91 Å². The first kappa shape index (κ1) is 29.1. The second-order valence-electron chi connectivity index (χ2n) is 9.32. The Hall–Kier alpha value is -3.89. The Morgan fingerprint density at radius 3 is 2.45 bits per heavy atom. The van der Waals surface area contributed by atoms with Gasteiger partial charge in [0, 0.05) is 36.7 Å². The van der Waals surface area contributed by atoms with Crippen molar-refractivity contribution in [3.05, 3.63) is 95.3 Å². The molecule has 3 aromatic rings. The van der Waals surface area contributed by atoms with Crippen molar-refractivity contribution in [2.24, 2.45) is 0 Å². The van der Waals surface area contributed by atoms with Crippen LogP contribution in [-0.2, 0) is 43.3 Å². The van der Waals surface area contributed by atoms with Crippen molar-refractivity contribution < 1.29 is 33.7 Å². The van der Waals surface area contributed by atoms with Crippen molar-refractivity contribution in [3.8, 4) is 5.75 Å². The molecule has 2 aromatic carbocycles. The summed E-state index contributed by atoms with van der Waals surface area (Å²) in [7, 11) is 0. The third kappa shape index (κ3) is 7.40. The lowest BCUT2D eigenvalue weighted by molar-refractivity contribution is -0.151. The van der Waals surface area contributed by atoms with E-state index < -0.39 is 22.2 Å². The molecule has 1 aliphatic rings. The van der Waals surface area contributed by atoms with Gasteiger partial charge in [-0.3, -0.25) is 14.6 Å². The van der Waals surface area contributed by atoms with Crippen LogP contribution in [0.25, 0.3) is 0 Å². The molecule has 0 spiro atoms. The number of aliphatic hydroxyl groups excluding tert-OH is 1. The van der Waals surface area contributed by atoms with Crippen LogP contribution in [0.4, 0.5) is 0 Å². The number of hydrogen-bond donors (Lipinski definition) is 2. The molecule has 1 aromatic heterocycles. The van der Waals surface area contributed by atoms with Crippen LogP contribution in [0.1, 0.15) is 48.8 Å². The highest BCUT2D eigenvalue weighted by Crippen LogP contribution is 2.38. The fraction of sp³-hybridized carbons (Fsp3) is 0.333. The van der Waals surface area contributed by atoms with E-state index in [1.54, 1.807) is 37.4 Å². The van der Waals surface area contributed by atoms with Crippen LogP contribution >= 0.6 is 11.8 Å². The number of rotatable bonds is 12. The molecule has 40 heavy (non-hydrogen) atoms. The second-order valence-corrected chi connectivity index (χ2v) is 10.7. The number of aliphatic hydroxyl groups is 1. The minimum atomic E-state index is -1.60. The number of pyridine rings is 1. The molecule has 0 saturated carbocycles. The molecule has 0 radical (unpaired) electrons. The molecule has 3 atom stereocenters. The van der Waals surface area contributed by atoms with Gasteiger partial charge in [0.05, 0.1) is 6.61 Å². The molecular formula is C30H32N2O7S. The Morgan fingerprint density at radius 2 is 1.82 bits per heavy atom. The van der Waals surface area contributed by atoms with E-state index in [1.165, 1.54) is 0 Å². The summed E-state index contributed by atoms with van der Waals surface area (Å²) in [4.78, 5) is 41.8. The van der Waals surface area contributed by atoms with Gasteiger partial charge in [0.15, 0.2) is 10.3 Å². The molecule has 210 valence electrons.